The molecule has 142 valence electrons. The zero-order valence-corrected chi connectivity index (χ0v) is 16.3. The third-order valence-corrected chi connectivity index (χ3v) is 5.21. The Morgan fingerprint density at radius 1 is 1.14 bits per heavy atom. The zero-order chi connectivity index (χ0) is 19.5. The van der Waals surface area contributed by atoms with Crippen molar-refractivity contribution in [3.8, 4) is 0 Å². The summed E-state index contributed by atoms with van der Waals surface area (Å²) in [6.07, 6.45) is 3.77. The maximum Gasteiger partial charge on any atom is 0.244 e. The molecule has 3 heterocycles. The van der Waals surface area contributed by atoms with Crippen LogP contribution in [0.3, 0.4) is 0 Å². The van der Waals surface area contributed by atoms with Crippen molar-refractivity contribution < 1.29 is 4.79 Å². The Balaban J connectivity index is 1.62. The highest BCUT2D eigenvalue weighted by Crippen LogP contribution is 2.38. The molecule has 0 radical (unpaired) electrons. The normalized spacial score (nSPS) is 18.8. The van der Waals surface area contributed by atoms with Crippen LogP contribution in [0.2, 0.25) is 0 Å². The molecule has 0 spiro atoms. The van der Waals surface area contributed by atoms with E-state index in [-0.39, 0.29) is 24.5 Å². The van der Waals surface area contributed by atoms with Crippen LogP contribution in [0.4, 0.5) is 5.69 Å². The van der Waals surface area contributed by atoms with Crippen molar-refractivity contribution in [1.29, 1.82) is 0 Å². The van der Waals surface area contributed by atoms with Gasteiger partial charge in [-0.25, -0.2) is 0 Å². The molecule has 1 aromatic carbocycles. The largest absolute Gasteiger partial charge is 0.353 e. The summed E-state index contributed by atoms with van der Waals surface area (Å²) in [5.41, 5.74) is 2.72. The van der Waals surface area contributed by atoms with Gasteiger partial charge in [0.2, 0.25) is 5.91 Å². The van der Waals surface area contributed by atoms with Gasteiger partial charge in [0.15, 0.2) is 5.11 Å². The number of aromatic nitrogens is 2. The van der Waals surface area contributed by atoms with Gasteiger partial charge in [0.1, 0.15) is 6.54 Å². The maximum absolute atomic E-state index is 12.7. The van der Waals surface area contributed by atoms with Gasteiger partial charge in [-0.1, -0.05) is 24.3 Å². The molecule has 0 saturated carbocycles. The predicted molar refractivity (Wildman–Crippen MR) is 113 cm³/mol. The minimum atomic E-state index is -0.135. The second-order valence-corrected chi connectivity index (χ2v) is 7.10. The van der Waals surface area contributed by atoms with E-state index in [4.69, 9.17) is 12.2 Å². The van der Waals surface area contributed by atoms with E-state index in [9.17, 15) is 4.79 Å². The average molecular weight is 392 g/mol. The van der Waals surface area contributed by atoms with Gasteiger partial charge in [-0.3, -0.25) is 9.78 Å². The summed E-state index contributed by atoms with van der Waals surface area (Å²) in [4.78, 5) is 19.1. The molecule has 1 aliphatic heterocycles. The zero-order valence-electron chi connectivity index (χ0n) is 15.4. The maximum atomic E-state index is 12.7. The third kappa shape index (κ3) is 3.61. The molecule has 0 aliphatic carbocycles. The number of hydrogen-bond acceptors (Lipinski definition) is 3. The molecule has 2 unspecified atom stereocenters. The molecule has 2 N–H and O–H groups in total. The number of nitrogens with zero attached hydrogens (tertiary/aromatic N) is 3. The number of thiocarbonyl (C=S) groups is 1. The fraction of sp³-hybridized carbons (Fsp3) is 0.190. The fourth-order valence-electron chi connectivity index (χ4n) is 3.56. The predicted octanol–water partition coefficient (Wildman–Crippen LogP) is 3.03. The molecule has 28 heavy (non-hydrogen) atoms. The van der Waals surface area contributed by atoms with Gasteiger partial charge in [0.05, 0.1) is 17.8 Å². The lowest BCUT2D eigenvalue weighted by atomic mass is 10.0. The van der Waals surface area contributed by atoms with Gasteiger partial charge in [0.25, 0.3) is 0 Å². The number of para-hydroxylation sites is 1. The number of anilines is 1. The summed E-state index contributed by atoms with van der Waals surface area (Å²) in [6.45, 7) is 0.153. The van der Waals surface area contributed by atoms with Crippen LogP contribution < -0.4 is 10.6 Å². The lowest BCUT2D eigenvalue weighted by molar-refractivity contribution is -0.116. The Labute approximate surface area is 169 Å². The number of hydrogen-bond donors (Lipinski definition) is 2. The van der Waals surface area contributed by atoms with Crippen molar-refractivity contribution in [3.63, 3.8) is 0 Å². The molecular formula is C21H21N5OS. The first-order valence-electron chi connectivity index (χ1n) is 9.07. The smallest absolute Gasteiger partial charge is 0.244 e. The van der Waals surface area contributed by atoms with Crippen molar-refractivity contribution in [1.82, 2.24) is 19.8 Å². The summed E-state index contributed by atoms with van der Waals surface area (Å²) in [5, 5.41) is 6.84. The standard InChI is InChI=1S/C21H21N5OS/c1-25-13-7-11-17(25)20-19(16-10-5-6-12-22-16)24-21(28)26(20)14-18(27)23-15-8-3-2-4-9-15/h2-13,19-20H,14H2,1H3,(H,23,27)(H,24,28). The van der Waals surface area contributed by atoms with Crippen molar-refractivity contribution >= 4 is 28.9 Å². The van der Waals surface area contributed by atoms with Crippen LogP contribution in [-0.2, 0) is 11.8 Å². The van der Waals surface area contributed by atoms with Crippen LogP contribution in [0.5, 0.6) is 0 Å². The van der Waals surface area contributed by atoms with Gasteiger partial charge < -0.3 is 20.1 Å². The third-order valence-electron chi connectivity index (χ3n) is 4.86. The Morgan fingerprint density at radius 2 is 1.93 bits per heavy atom. The van der Waals surface area contributed by atoms with E-state index in [0.29, 0.717) is 5.11 Å². The first-order valence-corrected chi connectivity index (χ1v) is 9.48. The molecule has 1 fully saturated rings. The highest BCUT2D eigenvalue weighted by molar-refractivity contribution is 7.80. The van der Waals surface area contributed by atoms with Crippen LogP contribution >= 0.6 is 12.2 Å². The van der Waals surface area contributed by atoms with E-state index in [1.54, 1.807) is 6.20 Å². The number of amides is 1. The van der Waals surface area contributed by atoms with E-state index in [1.165, 1.54) is 0 Å². The Morgan fingerprint density at radius 3 is 2.61 bits per heavy atom. The van der Waals surface area contributed by atoms with Gasteiger partial charge in [0, 0.05) is 30.8 Å². The highest BCUT2D eigenvalue weighted by Gasteiger charge is 2.41. The van der Waals surface area contributed by atoms with Gasteiger partial charge in [-0.2, -0.15) is 0 Å². The molecule has 2 aromatic heterocycles. The molecule has 1 amide bonds. The van der Waals surface area contributed by atoms with Crippen molar-refractivity contribution in [2.45, 2.75) is 12.1 Å². The number of rotatable bonds is 5. The van der Waals surface area contributed by atoms with E-state index < -0.39 is 0 Å². The van der Waals surface area contributed by atoms with Crippen LogP contribution in [-0.4, -0.2) is 32.0 Å². The molecule has 4 rings (SSSR count). The minimum Gasteiger partial charge on any atom is -0.353 e. The van der Waals surface area contributed by atoms with Crippen molar-refractivity contribution in [2.75, 3.05) is 11.9 Å². The lowest BCUT2D eigenvalue weighted by Gasteiger charge is -2.27. The molecule has 1 aliphatic rings. The summed E-state index contributed by atoms with van der Waals surface area (Å²) < 4.78 is 2.05. The summed E-state index contributed by atoms with van der Waals surface area (Å²) in [5.74, 6) is -0.115. The number of nitrogens with one attached hydrogen (secondary N) is 2. The summed E-state index contributed by atoms with van der Waals surface area (Å²) in [7, 11) is 1.99. The Hall–Kier alpha value is -3.19. The molecular weight excluding hydrogens is 370 g/mol. The monoisotopic (exact) mass is 391 g/mol. The molecule has 2 atom stereocenters. The number of benzene rings is 1. The van der Waals surface area contributed by atoms with Gasteiger partial charge in [-0.05, 0) is 48.6 Å². The second kappa shape index (κ2) is 7.82. The number of carbonyl (C=O) groups is 1. The first kappa shape index (κ1) is 18.2. The molecule has 7 heteroatoms. The van der Waals surface area contributed by atoms with E-state index >= 15 is 0 Å². The second-order valence-electron chi connectivity index (χ2n) is 6.71. The lowest BCUT2D eigenvalue weighted by Crippen LogP contribution is -2.37. The fourth-order valence-corrected chi connectivity index (χ4v) is 3.86. The Bertz CT molecular complexity index is 973. The van der Waals surface area contributed by atoms with Crippen LogP contribution in [0.1, 0.15) is 23.5 Å². The average Bonchev–Trinajstić information content (AvgIpc) is 3.26. The first-order chi connectivity index (χ1) is 13.6. The highest BCUT2D eigenvalue weighted by atomic mass is 32.1. The number of carbonyl (C=O) groups excluding carboxylic acids is 1. The van der Waals surface area contributed by atoms with Crippen LogP contribution in [0.25, 0.3) is 0 Å². The molecule has 3 aromatic rings. The quantitative estimate of drug-likeness (QED) is 0.655. The summed E-state index contributed by atoms with van der Waals surface area (Å²) >= 11 is 5.59. The number of pyridine rings is 1. The Kier molecular flexibility index (Phi) is 5.08. The van der Waals surface area contributed by atoms with E-state index in [1.807, 2.05) is 72.7 Å². The molecule has 1 saturated heterocycles. The minimum absolute atomic E-state index is 0.115. The molecule has 0 bridgehead atoms. The van der Waals surface area contributed by atoms with Gasteiger partial charge in [-0.15, -0.1) is 0 Å². The van der Waals surface area contributed by atoms with Crippen molar-refractivity contribution in [2.24, 2.45) is 7.05 Å². The topological polar surface area (TPSA) is 62.2 Å². The summed E-state index contributed by atoms with van der Waals surface area (Å²) in [6, 6.07) is 19.0. The van der Waals surface area contributed by atoms with Crippen LogP contribution in [0, 0.1) is 0 Å². The van der Waals surface area contributed by atoms with Crippen LogP contribution in [0.15, 0.2) is 73.1 Å². The van der Waals surface area contributed by atoms with Gasteiger partial charge >= 0.3 is 0 Å². The molecule has 6 nitrogen and oxygen atoms in total. The SMILES string of the molecule is Cn1cccc1C1C(c2ccccn2)NC(=S)N1CC(=O)Nc1ccccc1. The van der Waals surface area contributed by atoms with E-state index in [2.05, 4.69) is 26.3 Å². The van der Waals surface area contributed by atoms with Crippen molar-refractivity contribution in [3.05, 3.63) is 84.4 Å². The van der Waals surface area contributed by atoms with E-state index in [0.717, 1.165) is 17.1 Å². The number of aryl methyl sites for hydroxylation is 1.